The largest absolute Gasteiger partial charge is 0.394 e. The van der Waals surface area contributed by atoms with Gasteiger partial charge in [0.1, 0.15) is 24.9 Å². The fraction of sp³-hybridized carbons (Fsp3) is 1.00. The van der Waals surface area contributed by atoms with E-state index in [9.17, 15) is 10.2 Å². The van der Waals surface area contributed by atoms with Crippen LogP contribution in [0.5, 0.6) is 0 Å². The van der Waals surface area contributed by atoms with Gasteiger partial charge < -0.3 is 29.9 Å². The summed E-state index contributed by atoms with van der Waals surface area (Å²) in [6.07, 6.45) is -3.54. The van der Waals surface area contributed by atoms with E-state index in [1.54, 1.807) is 0 Å². The normalized spacial score (nSPS) is 45.5. The molecule has 0 bridgehead atoms. The Kier molecular flexibility index (Phi) is 3.23. The summed E-state index contributed by atoms with van der Waals surface area (Å²) in [5.41, 5.74) is 0. The highest BCUT2D eigenvalue weighted by atomic mass is 16.7. The van der Waals surface area contributed by atoms with Crippen LogP contribution >= 0.6 is 0 Å². The smallest absolute Gasteiger partial charge is 0.221 e. The molecule has 1 heterocycles. The maximum Gasteiger partial charge on any atom is 0.221 e. The molecule has 78 valence electrons. The van der Waals surface area contributed by atoms with E-state index in [1.165, 1.54) is 7.11 Å². The summed E-state index contributed by atoms with van der Waals surface area (Å²) >= 11 is 0. The quantitative estimate of drug-likeness (QED) is 0.394. The molecule has 1 saturated heterocycles. The first-order valence-corrected chi connectivity index (χ1v) is 3.92. The fourth-order valence-electron chi connectivity index (χ4n) is 1.37. The van der Waals surface area contributed by atoms with Crippen LogP contribution in [-0.2, 0) is 9.47 Å². The van der Waals surface area contributed by atoms with E-state index in [-0.39, 0.29) is 0 Å². The number of aliphatic hydroxyl groups is 4. The summed E-state index contributed by atoms with van der Waals surface area (Å²) in [6.45, 7) is -1.03. The molecule has 1 aliphatic rings. The molecule has 1 rings (SSSR count). The number of hydrogen-bond donors (Lipinski definition) is 4. The van der Waals surface area contributed by atoms with E-state index in [1.807, 2.05) is 0 Å². The molecule has 0 aromatic heterocycles. The maximum absolute atomic E-state index is 9.44. The molecule has 0 saturated carbocycles. The first-order chi connectivity index (χ1) is 6.11. The number of hydrogen-bond acceptors (Lipinski definition) is 6. The third-order valence-electron chi connectivity index (χ3n) is 2.25. The Labute approximate surface area is 75.3 Å². The van der Waals surface area contributed by atoms with Crippen LogP contribution in [0.25, 0.3) is 0 Å². The Hall–Kier alpha value is -0.240. The Morgan fingerprint density at radius 2 is 2.00 bits per heavy atom. The van der Waals surface area contributed by atoms with Gasteiger partial charge in [0.15, 0.2) is 0 Å². The second-order valence-electron chi connectivity index (χ2n) is 2.95. The van der Waals surface area contributed by atoms with Crippen molar-refractivity contribution in [2.45, 2.75) is 24.1 Å². The van der Waals surface area contributed by atoms with Crippen molar-refractivity contribution in [3.63, 3.8) is 0 Å². The molecule has 6 heteroatoms. The van der Waals surface area contributed by atoms with Crippen molar-refractivity contribution in [1.29, 1.82) is 0 Å². The summed E-state index contributed by atoms with van der Waals surface area (Å²) in [5.74, 6) is -1.62. The molecular formula is C7H14O6. The number of ether oxygens (including phenoxy) is 2. The number of rotatable bonds is 3. The third kappa shape index (κ3) is 1.56. The van der Waals surface area contributed by atoms with Gasteiger partial charge in [0.05, 0.1) is 6.61 Å². The second kappa shape index (κ2) is 3.87. The van der Waals surface area contributed by atoms with E-state index in [4.69, 9.17) is 19.7 Å². The van der Waals surface area contributed by atoms with Crippen molar-refractivity contribution in [3.05, 3.63) is 0 Å². The molecule has 4 atom stereocenters. The van der Waals surface area contributed by atoms with Gasteiger partial charge >= 0.3 is 0 Å². The van der Waals surface area contributed by atoms with Crippen molar-refractivity contribution in [3.8, 4) is 0 Å². The summed E-state index contributed by atoms with van der Waals surface area (Å²) < 4.78 is 9.77. The fourth-order valence-corrected chi connectivity index (χ4v) is 1.37. The summed E-state index contributed by atoms with van der Waals surface area (Å²) in [4.78, 5) is 0. The molecule has 0 spiro atoms. The van der Waals surface area contributed by atoms with Crippen molar-refractivity contribution in [2.75, 3.05) is 20.3 Å². The highest BCUT2D eigenvalue weighted by Crippen LogP contribution is 2.31. The first-order valence-electron chi connectivity index (χ1n) is 3.92. The summed E-state index contributed by atoms with van der Waals surface area (Å²) in [5, 5.41) is 36.4. The Morgan fingerprint density at radius 3 is 2.23 bits per heavy atom. The Balaban J connectivity index is 2.79. The zero-order valence-electron chi connectivity index (χ0n) is 7.25. The predicted octanol–water partition coefficient (Wildman–Crippen LogP) is -2.57. The van der Waals surface area contributed by atoms with Crippen LogP contribution in [0.3, 0.4) is 0 Å². The lowest BCUT2D eigenvalue weighted by Crippen LogP contribution is -2.47. The van der Waals surface area contributed by atoms with Gasteiger partial charge in [-0.25, -0.2) is 0 Å². The lowest BCUT2D eigenvalue weighted by atomic mass is 10.1. The van der Waals surface area contributed by atoms with Crippen LogP contribution in [0.4, 0.5) is 0 Å². The van der Waals surface area contributed by atoms with Gasteiger partial charge in [0.25, 0.3) is 0 Å². The van der Waals surface area contributed by atoms with Crippen molar-refractivity contribution < 1.29 is 29.9 Å². The zero-order valence-corrected chi connectivity index (χ0v) is 7.25. The molecule has 6 nitrogen and oxygen atoms in total. The SMILES string of the molecule is CO[C@]1(CO)O[C@H](CO)[C@H](O)[C@@H]1O. The second-order valence-corrected chi connectivity index (χ2v) is 2.95. The molecule has 0 unspecified atom stereocenters. The topological polar surface area (TPSA) is 99.4 Å². The van der Waals surface area contributed by atoms with Gasteiger partial charge in [0.2, 0.25) is 5.79 Å². The maximum atomic E-state index is 9.44. The lowest BCUT2D eigenvalue weighted by molar-refractivity contribution is -0.263. The number of aliphatic hydroxyl groups excluding tert-OH is 4. The highest BCUT2D eigenvalue weighted by Gasteiger charge is 2.54. The van der Waals surface area contributed by atoms with Crippen molar-refractivity contribution >= 4 is 0 Å². The summed E-state index contributed by atoms with van der Waals surface area (Å²) in [7, 11) is 1.24. The van der Waals surface area contributed by atoms with Gasteiger partial charge in [0, 0.05) is 7.11 Å². The molecule has 0 aromatic rings. The standard InChI is InChI=1S/C7H14O6/c1-12-7(3-9)6(11)5(10)4(2-8)13-7/h4-6,8-11H,2-3H2,1H3/t4-,5+,6+,7-/m1/s1. The predicted molar refractivity (Wildman–Crippen MR) is 40.8 cm³/mol. The van der Waals surface area contributed by atoms with Crippen LogP contribution in [-0.4, -0.2) is 64.8 Å². The van der Waals surface area contributed by atoms with Gasteiger partial charge in [-0.2, -0.15) is 0 Å². The molecule has 1 aliphatic heterocycles. The molecule has 4 N–H and O–H groups in total. The highest BCUT2D eigenvalue weighted by molar-refractivity contribution is 4.95. The molecular weight excluding hydrogens is 180 g/mol. The van der Waals surface area contributed by atoms with Crippen LogP contribution in [0.15, 0.2) is 0 Å². The molecule has 1 fully saturated rings. The number of methoxy groups -OCH3 is 1. The van der Waals surface area contributed by atoms with E-state index < -0.39 is 37.3 Å². The lowest BCUT2D eigenvalue weighted by Gasteiger charge is -2.27. The van der Waals surface area contributed by atoms with E-state index >= 15 is 0 Å². The minimum absolute atomic E-state index is 0.441. The van der Waals surface area contributed by atoms with Crippen LogP contribution in [0, 0.1) is 0 Å². The Bertz CT molecular complexity index is 168. The van der Waals surface area contributed by atoms with Crippen LogP contribution < -0.4 is 0 Å². The zero-order chi connectivity index (χ0) is 10.1. The summed E-state index contributed by atoms with van der Waals surface area (Å²) in [6, 6.07) is 0. The van der Waals surface area contributed by atoms with Crippen LogP contribution in [0.1, 0.15) is 0 Å². The first kappa shape index (κ1) is 10.8. The Morgan fingerprint density at radius 1 is 1.38 bits per heavy atom. The minimum atomic E-state index is -1.62. The monoisotopic (exact) mass is 194 g/mol. The third-order valence-corrected chi connectivity index (χ3v) is 2.25. The van der Waals surface area contributed by atoms with Gasteiger partial charge in [-0.3, -0.25) is 0 Å². The van der Waals surface area contributed by atoms with E-state index in [0.717, 1.165) is 0 Å². The molecule has 0 aromatic carbocycles. The molecule has 0 amide bonds. The molecule has 0 radical (unpaired) electrons. The van der Waals surface area contributed by atoms with Gasteiger partial charge in [-0.1, -0.05) is 0 Å². The van der Waals surface area contributed by atoms with E-state index in [2.05, 4.69) is 0 Å². The average molecular weight is 194 g/mol. The van der Waals surface area contributed by atoms with E-state index in [0.29, 0.717) is 0 Å². The molecule has 13 heavy (non-hydrogen) atoms. The average Bonchev–Trinajstić information content (AvgIpc) is 2.42. The van der Waals surface area contributed by atoms with Gasteiger partial charge in [-0.05, 0) is 0 Å². The minimum Gasteiger partial charge on any atom is -0.394 e. The van der Waals surface area contributed by atoms with Crippen LogP contribution in [0.2, 0.25) is 0 Å². The van der Waals surface area contributed by atoms with Gasteiger partial charge in [-0.15, -0.1) is 0 Å². The van der Waals surface area contributed by atoms with Crippen molar-refractivity contribution in [1.82, 2.24) is 0 Å². The van der Waals surface area contributed by atoms with Crippen molar-refractivity contribution in [2.24, 2.45) is 0 Å². The molecule has 0 aliphatic carbocycles.